The van der Waals surface area contributed by atoms with Crippen molar-refractivity contribution in [2.24, 2.45) is 0 Å². The van der Waals surface area contributed by atoms with Gasteiger partial charge in [-0.05, 0) is 12.8 Å². The number of nitro benzene ring substituents is 1. The van der Waals surface area contributed by atoms with Crippen LogP contribution in [0.1, 0.15) is 18.4 Å². The highest BCUT2D eigenvalue weighted by Crippen LogP contribution is 2.31. The van der Waals surface area contributed by atoms with E-state index in [1.165, 1.54) is 13.2 Å². The third kappa shape index (κ3) is 3.44. The lowest BCUT2D eigenvalue weighted by Gasteiger charge is -2.07. The van der Waals surface area contributed by atoms with E-state index in [1.54, 1.807) is 12.1 Å². The molecule has 0 aliphatic rings. The van der Waals surface area contributed by atoms with Gasteiger partial charge in [0.15, 0.2) is 5.75 Å². The maximum absolute atomic E-state index is 10.7. The van der Waals surface area contributed by atoms with Crippen LogP contribution in [0.3, 0.4) is 0 Å². The molecule has 0 aliphatic heterocycles. The molecule has 0 bridgehead atoms. The fraction of sp³-hybridized carbons (Fsp3) is 0.364. The number of aliphatic carboxylic acids is 1. The monoisotopic (exact) mass is 239 g/mol. The van der Waals surface area contributed by atoms with E-state index in [4.69, 9.17) is 9.84 Å². The molecular formula is C11H13NO5. The van der Waals surface area contributed by atoms with Gasteiger partial charge in [-0.3, -0.25) is 14.9 Å². The number of ether oxygens (including phenoxy) is 1. The van der Waals surface area contributed by atoms with Gasteiger partial charge in [-0.15, -0.1) is 0 Å². The molecule has 0 amide bonds. The van der Waals surface area contributed by atoms with E-state index in [1.807, 2.05) is 0 Å². The van der Waals surface area contributed by atoms with Crippen LogP contribution in [-0.4, -0.2) is 23.1 Å². The number of carboxylic acid groups (broad SMARTS) is 1. The lowest BCUT2D eigenvalue weighted by Crippen LogP contribution is -2.00. The number of benzene rings is 1. The summed E-state index contributed by atoms with van der Waals surface area (Å²) in [7, 11) is 1.36. The molecule has 0 unspecified atom stereocenters. The SMILES string of the molecule is COc1c(CCCC(=O)O)cccc1[N+](=O)[O-]. The minimum absolute atomic E-state index is 0.0336. The van der Waals surface area contributed by atoms with Gasteiger partial charge in [-0.1, -0.05) is 12.1 Å². The van der Waals surface area contributed by atoms with Gasteiger partial charge in [0.1, 0.15) is 0 Å². The van der Waals surface area contributed by atoms with Crippen molar-refractivity contribution in [1.82, 2.24) is 0 Å². The van der Waals surface area contributed by atoms with E-state index in [9.17, 15) is 14.9 Å². The third-order valence-electron chi connectivity index (χ3n) is 2.31. The Labute approximate surface area is 98.0 Å². The Bertz CT molecular complexity index is 430. The molecule has 1 aromatic rings. The normalized spacial score (nSPS) is 9.94. The number of methoxy groups -OCH3 is 1. The van der Waals surface area contributed by atoms with Crippen LogP contribution in [0.25, 0.3) is 0 Å². The zero-order valence-corrected chi connectivity index (χ0v) is 9.38. The molecule has 0 saturated heterocycles. The summed E-state index contributed by atoms with van der Waals surface area (Å²) in [5, 5.41) is 19.3. The summed E-state index contributed by atoms with van der Waals surface area (Å²) < 4.78 is 5.01. The first-order chi connectivity index (χ1) is 8.06. The van der Waals surface area contributed by atoms with Crippen LogP contribution in [0, 0.1) is 10.1 Å². The van der Waals surface area contributed by atoms with E-state index in [0.29, 0.717) is 18.4 Å². The lowest BCUT2D eigenvalue weighted by molar-refractivity contribution is -0.385. The Morgan fingerprint density at radius 1 is 1.53 bits per heavy atom. The fourth-order valence-electron chi connectivity index (χ4n) is 1.58. The van der Waals surface area contributed by atoms with Crippen molar-refractivity contribution in [2.75, 3.05) is 7.11 Å². The molecule has 0 aromatic heterocycles. The predicted molar refractivity (Wildman–Crippen MR) is 60.2 cm³/mol. The number of carboxylic acids is 1. The van der Waals surface area contributed by atoms with Gasteiger partial charge >= 0.3 is 11.7 Å². The Kier molecular flexibility index (Phi) is 4.45. The van der Waals surface area contributed by atoms with Crippen LogP contribution < -0.4 is 4.74 Å². The minimum atomic E-state index is -0.880. The smallest absolute Gasteiger partial charge is 0.311 e. The summed E-state index contributed by atoms with van der Waals surface area (Å²) in [4.78, 5) is 20.6. The van der Waals surface area contributed by atoms with Crippen LogP contribution in [0.4, 0.5) is 5.69 Å². The minimum Gasteiger partial charge on any atom is -0.490 e. The number of hydrogen-bond acceptors (Lipinski definition) is 4. The number of rotatable bonds is 6. The molecule has 0 radical (unpaired) electrons. The molecule has 0 atom stereocenters. The summed E-state index contributed by atoms with van der Waals surface area (Å²) in [6.07, 6.45) is 0.899. The third-order valence-corrected chi connectivity index (χ3v) is 2.31. The first kappa shape index (κ1) is 13.0. The van der Waals surface area contributed by atoms with Crippen LogP contribution in [0.2, 0.25) is 0 Å². The van der Waals surface area contributed by atoms with Crippen LogP contribution in [0.15, 0.2) is 18.2 Å². The van der Waals surface area contributed by atoms with Gasteiger partial charge in [0, 0.05) is 18.1 Å². The highest BCUT2D eigenvalue weighted by atomic mass is 16.6. The summed E-state index contributed by atoms with van der Waals surface area (Å²) in [6, 6.07) is 4.63. The van der Waals surface area contributed by atoms with Crippen molar-refractivity contribution in [1.29, 1.82) is 0 Å². The molecular weight excluding hydrogens is 226 g/mol. The summed E-state index contributed by atoms with van der Waals surface area (Å²) >= 11 is 0. The molecule has 0 saturated carbocycles. The first-order valence-electron chi connectivity index (χ1n) is 5.08. The number of nitro groups is 1. The highest BCUT2D eigenvalue weighted by molar-refractivity contribution is 5.66. The second-order valence-electron chi connectivity index (χ2n) is 3.47. The molecule has 1 rings (SSSR count). The molecule has 92 valence electrons. The standard InChI is InChI=1S/C11H13NO5/c1-17-11-8(5-3-7-10(13)14)4-2-6-9(11)12(15)16/h2,4,6H,3,5,7H2,1H3,(H,13,14). The van der Waals surface area contributed by atoms with Crippen molar-refractivity contribution in [3.8, 4) is 5.75 Å². The average Bonchev–Trinajstić information content (AvgIpc) is 2.28. The lowest BCUT2D eigenvalue weighted by atomic mass is 10.1. The van der Waals surface area contributed by atoms with E-state index >= 15 is 0 Å². The molecule has 6 heteroatoms. The molecule has 0 spiro atoms. The molecule has 1 N–H and O–H groups in total. The molecule has 1 aromatic carbocycles. The summed E-state index contributed by atoms with van der Waals surface area (Å²) in [6.45, 7) is 0. The Balaban J connectivity index is 2.87. The zero-order valence-electron chi connectivity index (χ0n) is 9.38. The molecule has 0 heterocycles. The molecule has 6 nitrogen and oxygen atoms in total. The maximum Gasteiger partial charge on any atom is 0.311 e. The fourth-order valence-corrected chi connectivity index (χ4v) is 1.58. The van der Waals surface area contributed by atoms with Gasteiger partial charge < -0.3 is 9.84 Å². The summed E-state index contributed by atoms with van der Waals surface area (Å²) in [5.74, 6) is -0.669. The number of nitrogens with zero attached hydrogens (tertiary/aromatic N) is 1. The van der Waals surface area contributed by atoms with Gasteiger partial charge in [0.2, 0.25) is 0 Å². The van der Waals surface area contributed by atoms with E-state index in [-0.39, 0.29) is 17.9 Å². The van der Waals surface area contributed by atoms with Gasteiger partial charge in [-0.2, -0.15) is 0 Å². The average molecular weight is 239 g/mol. The van der Waals surface area contributed by atoms with Crippen molar-refractivity contribution in [3.05, 3.63) is 33.9 Å². The number of aryl methyl sites for hydroxylation is 1. The molecule has 0 fully saturated rings. The first-order valence-corrected chi connectivity index (χ1v) is 5.08. The van der Waals surface area contributed by atoms with Gasteiger partial charge in [0.05, 0.1) is 12.0 Å². The number of carbonyl (C=O) groups is 1. The van der Waals surface area contributed by atoms with Gasteiger partial charge in [-0.25, -0.2) is 0 Å². The second kappa shape index (κ2) is 5.83. The van der Waals surface area contributed by atoms with Crippen LogP contribution in [0.5, 0.6) is 5.75 Å². The van der Waals surface area contributed by atoms with Crippen molar-refractivity contribution in [2.45, 2.75) is 19.3 Å². The van der Waals surface area contributed by atoms with Crippen LogP contribution in [-0.2, 0) is 11.2 Å². The van der Waals surface area contributed by atoms with Crippen LogP contribution >= 0.6 is 0 Å². The van der Waals surface area contributed by atoms with Gasteiger partial charge in [0.25, 0.3) is 0 Å². The van der Waals surface area contributed by atoms with E-state index in [2.05, 4.69) is 0 Å². The number of para-hydroxylation sites is 1. The second-order valence-corrected chi connectivity index (χ2v) is 3.47. The topological polar surface area (TPSA) is 89.7 Å². The van der Waals surface area contributed by atoms with Crippen molar-refractivity contribution < 1.29 is 19.6 Å². The number of hydrogen-bond donors (Lipinski definition) is 1. The van der Waals surface area contributed by atoms with E-state index < -0.39 is 10.9 Å². The predicted octanol–water partition coefficient (Wildman–Crippen LogP) is 2.01. The summed E-state index contributed by atoms with van der Waals surface area (Å²) in [5.41, 5.74) is 0.559. The quantitative estimate of drug-likeness (QED) is 0.605. The van der Waals surface area contributed by atoms with Crippen molar-refractivity contribution in [3.63, 3.8) is 0 Å². The molecule has 0 aliphatic carbocycles. The largest absolute Gasteiger partial charge is 0.490 e. The maximum atomic E-state index is 10.7. The van der Waals surface area contributed by atoms with E-state index in [0.717, 1.165) is 0 Å². The Morgan fingerprint density at radius 2 is 2.24 bits per heavy atom. The highest BCUT2D eigenvalue weighted by Gasteiger charge is 2.17. The molecule has 17 heavy (non-hydrogen) atoms. The van der Waals surface area contributed by atoms with Crippen molar-refractivity contribution >= 4 is 11.7 Å². The Morgan fingerprint density at radius 3 is 2.76 bits per heavy atom. The zero-order chi connectivity index (χ0) is 12.8. The Hall–Kier alpha value is -2.11.